The van der Waals surface area contributed by atoms with Crippen molar-refractivity contribution in [2.75, 3.05) is 13.1 Å². The second kappa shape index (κ2) is 6.64. The van der Waals surface area contributed by atoms with Gasteiger partial charge < -0.3 is 5.73 Å². The molecule has 2 atom stereocenters. The number of halogens is 4. The quantitative estimate of drug-likeness (QED) is 0.823. The molecular weight excluding hydrogens is 372 g/mol. The summed E-state index contributed by atoms with van der Waals surface area (Å²) in [4.78, 5) is -0.524. The molecule has 1 heterocycles. The Morgan fingerprint density at radius 2 is 1.69 bits per heavy atom. The average molecular weight is 388 g/mol. The summed E-state index contributed by atoms with van der Waals surface area (Å²) < 4.78 is 78.2. The van der Waals surface area contributed by atoms with E-state index in [0.29, 0.717) is 12.1 Å². The lowest BCUT2D eigenvalue weighted by atomic mass is 9.95. The van der Waals surface area contributed by atoms with E-state index in [1.54, 1.807) is 0 Å². The second-order valence-electron chi connectivity index (χ2n) is 6.14. The fourth-order valence-corrected chi connectivity index (χ4v) is 4.59. The smallest absolute Gasteiger partial charge is 0.326 e. The van der Waals surface area contributed by atoms with E-state index in [9.17, 15) is 26.0 Å². The molecule has 1 aliphatic heterocycles. The van der Waals surface area contributed by atoms with Crippen LogP contribution in [-0.2, 0) is 16.2 Å². The molecule has 2 aromatic rings. The minimum absolute atomic E-state index is 0.00450. The van der Waals surface area contributed by atoms with Gasteiger partial charge in [0, 0.05) is 25.0 Å². The van der Waals surface area contributed by atoms with Gasteiger partial charge in [-0.05, 0) is 23.8 Å². The molecule has 0 amide bonds. The summed E-state index contributed by atoms with van der Waals surface area (Å²) in [6, 6.07) is 10.2. The van der Waals surface area contributed by atoms with Gasteiger partial charge in [0.2, 0.25) is 10.0 Å². The number of rotatable bonds is 3. The van der Waals surface area contributed by atoms with Crippen molar-refractivity contribution in [2.24, 2.45) is 5.73 Å². The molecule has 0 spiro atoms. The number of nitrogens with two attached hydrogens (primary N) is 1. The maximum atomic E-state index is 13.8. The van der Waals surface area contributed by atoms with E-state index in [1.165, 1.54) is 0 Å². The predicted octanol–water partition coefficient (Wildman–Crippen LogP) is 2.96. The Bertz CT molecular complexity index is 901. The van der Waals surface area contributed by atoms with E-state index in [0.717, 1.165) is 15.9 Å². The van der Waals surface area contributed by atoms with Crippen molar-refractivity contribution in [3.63, 3.8) is 0 Å². The predicted molar refractivity (Wildman–Crippen MR) is 87.3 cm³/mol. The van der Waals surface area contributed by atoms with E-state index < -0.39 is 38.5 Å². The van der Waals surface area contributed by atoms with Crippen LogP contribution in [-0.4, -0.2) is 31.9 Å². The number of sulfonamides is 1. The topological polar surface area (TPSA) is 63.4 Å². The monoisotopic (exact) mass is 388 g/mol. The lowest BCUT2D eigenvalue weighted by molar-refractivity contribution is -0.140. The van der Waals surface area contributed by atoms with Crippen LogP contribution in [0.3, 0.4) is 0 Å². The third kappa shape index (κ3) is 3.46. The first kappa shape index (κ1) is 18.8. The summed E-state index contributed by atoms with van der Waals surface area (Å²) in [5, 5.41) is 0. The molecule has 1 aliphatic rings. The van der Waals surface area contributed by atoms with Crippen molar-refractivity contribution < 1.29 is 26.0 Å². The van der Waals surface area contributed by atoms with Crippen LogP contribution in [0.25, 0.3) is 0 Å². The van der Waals surface area contributed by atoms with Gasteiger partial charge in [-0.25, -0.2) is 12.8 Å². The average Bonchev–Trinajstić information content (AvgIpc) is 2.97. The zero-order valence-electron chi connectivity index (χ0n) is 13.4. The molecule has 0 radical (unpaired) electrons. The van der Waals surface area contributed by atoms with Crippen LogP contribution in [0.4, 0.5) is 17.6 Å². The lowest BCUT2D eigenvalue weighted by Gasteiger charge is -2.17. The van der Waals surface area contributed by atoms with Crippen molar-refractivity contribution in [1.29, 1.82) is 0 Å². The fraction of sp³-hybridized carbons (Fsp3) is 0.294. The Kier molecular flexibility index (Phi) is 4.80. The van der Waals surface area contributed by atoms with Crippen LogP contribution in [0.2, 0.25) is 0 Å². The number of hydrogen-bond acceptors (Lipinski definition) is 3. The maximum absolute atomic E-state index is 13.8. The Hall–Kier alpha value is -1.97. The van der Waals surface area contributed by atoms with Gasteiger partial charge in [0.05, 0.1) is 10.5 Å². The minimum Gasteiger partial charge on any atom is -0.326 e. The van der Waals surface area contributed by atoms with Crippen LogP contribution in [0.15, 0.2) is 53.4 Å². The summed E-state index contributed by atoms with van der Waals surface area (Å²) in [6.07, 6.45) is -4.89. The summed E-state index contributed by atoms with van der Waals surface area (Å²) >= 11 is 0. The molecule has 0 aliphatic carbocycles. The molecule has 26 heavy (non-hydrogen) atoms. The van der Waals surface area contributed by atoms with Gasteiger partial charge in [0.25, 0.3) is 0 Å². The van der Waals surface area contributed by atoms with E-state index in [4.69, 9.17) is 5.73 Å². The molecule has 1 fully saturated rings. The van der Waals surface area contributed by atoms with Gasteiger partial charge in [-0.3, -0.25) is 0 Å². The van der Waals surface area contributed by atoms with Crippen molar-refractivity contribution in [3.8, 4) is 0 Å². The largest absolute Gasteiger partial charge is 0.419 e. The number of alkyl halides is 3. The third-order valence-corrected chi connectivity index (χ3v) is 6.27. The van der Waals surface area contributed by atoms with Gasteiger partial charge in [0.1, 0.15) is 5.82 Å². The fourth-order valence-electron chi connectivity index (χ4n) is 3.08. The van der Waals surface area contributed by atoms with Crippen LogP contribution < -0.4 is 5.73 Å². The van der Waals surface area contributed by atoms with Gasteiger partial charge in [0.15, 0.2) is 0 Å². The highest BCUT2D eigenvalue weighted by Gasteiger charge is 2.39. The van der Waals surface area contributed by atoms with E-state index in [-0.39, 0.29) is 19.0 Å². The molecule has 9 heteroatoms. The van der Waals surface area contributed by atoms with Crippen molar-refractivity contribution in [1.82, 2.24) is 4.31 Å². The lowest BCUT2D eigenvalue weighted by Crippen LogP contribution is -2.32. The second-order valence-corrected chi connectivity index (χ2v) is 8.08. The zero-order valence-corrected chi connectivity index (χ0v) is 14.3. The molecule has 0 saturated carbocycles. The first-order chi connectivity index (χ1) is 12.1. The molecule has 0 aromatic heterocycles. The van der Waals surface area contributed by atoms with E-state index in [1.807, 2.05) is 30.3 Å². The first-order valence-electron chi connectivity index (χ1n) is 7.78. The van der Waals surface area contributed by atoms with E-state index >= 15 is 0 Å². The number of benzene rings is 2. The molecule has 0 unspecified atom stereocenters. The molecule has 4 nitrogen and oxygen atoms in total. The van der Waals surface area contributed by atoms with Crippen LogP contribution >= 0.6 is 0 Å². The Morgan fingerprint density at radius 1 is 1.04 bits per heavy atom. The highest BCUT2D eigenvalue weighted by Crippen LogP contribution is 2.34. The summed E-state index contributed by atoms with van der Waals surface area (Å²) in [6.45, 7) is 0.0840. The summed E-state index contributed by atoms with van der Waals surface area (Å²) in [7, 11) is -4.15. The molecule has 0 bridgehead atoms. The Balaban J connectivity index is 1.89. The normalized spacial score (nSPS) is 21.9. The van der Waals surface area contributed by atoms with Crippen LogP contribution in [0.1, 0.15) is 17.0 Å². The van der Waals surface area contributed by atoms with Crippen LogP contribution in [0.5, 0.6) is 0 Å². The number of nitrogens with zero attached hydrogens (tertiary/aromatic N) is 1. The third-order valence-electron chi connectivity index (χ3n) is 4.44. The Labute approximate surface area is 148 Å². The maximum Gasteiger partial charge on any atom is 0.419 e. The number of hydrogen-bond donors (Lipinski definition) is 1. The summed E-state index contributed by atoms with van der Waals surface area (Å²) in [5.41, 5.74) is 5.43. The van der Waals surface area contributed by atoms with Crippen molar-refractivity contribution in [3.05, 3.63) is 65.5 Å². The highest BCUT2D eigenvalue weighted by atomic mass is 32.2. The molecule has 2 aromatic carbocycles. The molecule has 3 rings (SSSR count). The van der Waals surface area contributed by atoms with Crippen molar-refractivity contribution in [2.45, 2.75) is 23.0 Å². The van der Waals surface area contributed by atoms with Crippen LogP contribution in [0, 0.1) is 5.82 Å². The molecule has 1 saturated heterocycles. The van der Waals surface area contributed by atoms with Gasteiger partial charge in [-0.2, -0.15) is 17.5 Å². The molecule has 2 N–H and O–H groups in total. The van der Waals surface area contributed by atoms with Crippen molar-refractivity contribution >= 4 is 10.0 Å². The minimum atomic E-state index is -4.89. The standard InChI is InChI=1S/C17H16F4N2O2S/c18-15-8-12(6-7-14(15)17(19,20)21)26(24,25)23-9-13(16(22)10-23)11-4-2-1-3-5-11/h1-8,13,16H,9-10,22H2/t13-,16+/m0/s1. The Morgan fingerprint density at radius 3 is 2.27 bits per heavy atom. The zero-order chi connectivity index (χ0) is 19.1. The molecular formula is C17H16F4N2O2S. The first-order valence-corrected chi connectivity index (χ1v) is 9.22. The van der Waals surface area contributed by atoms with Gasteiger partial charge in [-0.15, -0.1) is 0 Å². The van der Waals surface area contributed by atoms with Gasteiger partial charge >= 0.3 is 6.18 Å². The van der Waals surface area contributed by atoms with E-state index in [2.05, 4.69) is 0 Å². The summed E-state index contributed by atoms with van der Waals surface area (Å²) in [5.74, 6) is -1.87. The van der Waals surface area contributed by atoms with Gasteiger partial charge in [-0.1, -0.05) is 30.3 Å². The molecule has 140 valence electrons. The SMILES string of the molecule is N[C@@H]1CN(S(=O)(=O)c2ccc(C(F)(F)F)c(F)c2)C[C@H]1c1ccccc1. The highest BCUT2D eigenvalue weighted by molar-refractivity contribution is 7.89.